The van der Waals surface area contributed by atoms with Crippen molar-refractivity contribution in [3.05, 3.63) is 76.8 Å². The third-order valence-electron chi connectivity index (χ3n) is 4.65. The molecular formula is C23H17BrN4O2. The molecule has 0 atom stereocenters. The van der Waals surface area contributed by atoms with Crippen molar-refractivity contribution in [2.75, 3.05) is 18.6 Å². The second-order valence-corrected chi connectivity index (χ2v) is 7.61. The smallest absolute Gasteiger partial charge is 0.244 e. The van der Waals surface area contributed by atoms with E-state index in [0.717, 1.165) is 43.7 Å². The van der Waals surface area contributed by atoms with E-state index < -0.39 is 0 Å². The van der Waals surface area contributed by atoms with E-state index in [9.17, 15) is 0 Å². The van der Waals surface area contributed by atoms with Gasteiger partial charge >= 0.3 is 0 Å². The average molecular weight is 461 g/mol. The van der Waals surface area contributed by atoms with E-state index in [0.29, 0.717) is 19.2 Å². The van der Waals surface area contributed by atoms with Gasteiger partial charge < -0.3 is 9.47 Å². The summed E-state index contributed by atoms with van der Waals surface area (Å²) in [5.74, 6) is 1.91. The molecule has 5 rings (SSSR count). The topological polar surface area (TPSA) is 68.6 Å². The van der Waals surface area contributed by atoms with Crippen molar-refractivity contribution < 1.29 is 9.47 Å². The summed E-state index contributed by atoms with van der Waals surface area (Å²) in [4.78, 5) is 9.31. The number of nitrogens with zero attached hydrogens (tertiary/aromatic N) is 3. The number of hydrogen-bond donors (Lipinski definition) is 1. The summed E-state index contributed by atoms with van der Waals surface area (Å²) in [5, 5.41) is 5.28. The zero-order chi connectivity index (χ0) is 20.3. The molecule has 1 aliphatic heterocycles. The minimum absolute atomic E-state index is 0.428. The predicted octanol–water partition coefficient (Wildman–Crippen LogP) is 5.28. The van der Waals surface area contributed by atoms with Gasteiger partial charge in [-0.2, -0.15) is 5.10 Å². The van der Waals surface area contributed by atoms with Gasteiger partial charge in [-0.05, 0) is 42.0 Å². The third kappa shape index (κ3) is 3.84. The fraction of sp³-hybridized carbons (Fsp3) is 0.0870. The maximum Gasteiger partial charge on any atom is 0.244 e. The number of anilines is 1. The molecule has 0 spiro atoms. The second-order valence-electron chi connectivity index (χ2n) is 6.70. The molecule has 6 nitrogen and oxygen atoms in total. The lowest BCUT2D eigenvalue weighted by atomic mass is 10.1. The minimum atomic E-state index is 0.428. The molecule has 0 amide bonds. The Morgan fingerprint density at radius 2 is 1.73 bits per heavy atom. The van der Waals surface area contributed by atoms with Gasteiger partial charge in [0, 0.05) is 15.4 Å². The lowest BCUT2D eigenvalue weighted by Gasteiger charge is -2.18. The Morgan fingerprint density at radius 3 is 2.60 bits per heavy atom. The standard InChI is InChI=1S/C23H17BrN4O2/c24-17-7-8-19-18(13-17)22(16-4-2-1-3-5-16)27-23(26-19)28-25-14-15-6-9-20-21(12-15)30-11-10-29-20/h1-9,12-14H,10-11H2,(H,26,27,28). The van der Waals surface area contributed by atoms with E-state index in [4.69, 9.17) is 14.5 Å². The van der Waals surface area contributed by atoms with Crippen LogP contribution in [0.3, 0.4) is 0 Å². The Hall–Kier alpha value is -3.45. The number of fused-ring (bicyclic) bond motifs is 2. The molecule has 0 saturated carbocycles. The number of hydrazone groups is 1. The molecule has 4 aromatic rings. The van der Waals surface area contributed by atoms with Crippen molar-refractivity contribution >= 4 is 39.0 Å². The zero-order valence-corrected chi connectivity index (χ0v) is 17.5. The van der Waals surface area contributed by atoms with Gasteiger partial charge in [-0.15, -0.1) is 0 Å². The van der Waals surface area contributed by atoms with Crippen LogP contribution in [0.15, 0.2) is 76.3 Å². The maximum absolute atomic E-state index is 5.62. The molecule has 0 saturated heterocycles. The molecule has 1 aliphatic rings. The summed E-state index contributed by atoms with van der Waals surface area (Å²) in [6.45, 7) is 1.12. The highest BCUT2D eigenvalue weighted by molar-refractivity contribution is 9.10. The van der Waals surface area contributed by atoms with Gasteiger partial charge in [0.2, 0.25) is 5.95 Å². The van der Waals surface area contributed by atoms with Crippen LogP contribution in [0, 0.1) is 0 Å². The van der Waals surface area contributed by atoms with Crippen molar-refractivity contribution in [2.45, 2.75) is 0 Å². The van der Waals surface area contributed by atoms with Crippen LogP contribution in [0.1, 0.15) is 5.56 Å². The van der Waals surface area contributed by atoms with E-state index in [2.05, 4.69) is 31.4 Å². The predicted molar refractivity (Wildman–Crippen MR) is 121 cm³/mol. The molecule has 0 unspecified atom stereocenters. The van der Waals surface area contributed by atoms with Gasteiger partial charge in [0.1, 0.15) is 13.2 Å². The normalized spacial score (nSPS) is 13.0. The molecule has 30 heavy (non-hydrogen) atoms. The molecule has 0 aliphatic carbocycles. The van der Waals surface area contributed by atoms with Crippen LogP contribution >= 0.6 is 15.9 Å². The second kappa shape index (κ2) is 8.12. The number of benzene rings is 3. The van der Waals surface area contributed by atoms with Crippen LogP contribution < -0.4 is 14.9 Å². The fourth-order valence-corrected chi connectivity index (χ4v) is 3.63. The van der Waals surface area contributed by atoms with Crippen LogP contribution in [-0.4, -0.2) is 29.4 Å². The molecule has 3 aromatic carbocycles. The first-order valence-corrected chi connectivity index (χ1v) is 10.3. The first-order valence-electron chi connectivity index (χ1n) is 9.48. The molecule has 0 fully saturated rings. The first-order chi connectivity index (χ1) is 14.8. The monoisotopic (exact) mass is 460 g/mol. The average Bonchev–Trinajstić information content (AvgIpc) is 2.79. The van der Waals surface area contributed by atoms with Gasteiger partial charge in [0.05, 0.1) is 17.4 Å². The Balaban J connectivity index is 1.46. The van der Waals surface area contributed by atoms with Gasteiger partial charge in [-0.1, -0.05) is 46.3 Å². The van der Waals surface area contributed by atoms with Crippen LogP contribution in [0.4, 0.5) is 5.95 Å². The first kappa shape index (κ1) is 18.6. The molecule has 1 aromatic heterocycles. The molecule has 1 N–H and O–H groups in total. The van der Waals surface area contributed by atoms with Crippen molar-refractivity contribution in [3.63, 3.8) is 0 Å². The van der Waals surface area contributed by atoms with Crippen molar-refractivity contribution in [2.24, 2.45) is 5.10 Å². The van der Waals surface area contributed by atoms with E-state index >= 15 is 0 Å². The number of halogens is 1. The summed E-state index contributed by atoms with van der Waals surface area (Å²) in [7, 11) is 0. The van der Waals surface area contributed by atoms with Crippen molar-refractivity contribution in [1.82, 2.24) is 9.97 Å². The molecule has 2 heterocycles. The van der Waals surface area contributed by atoms with Crippen LogP contribution in [-0.2, 0) is 0 Å². The quantitative estimate of drug-likeness (QED) is 0.331. The number of hydrogen-bond acceptors (Lipinski definition) is 6. The molecule has 7 heteroatoms. The molecule has 0 radical (unpaired) electrons. The summed E-state index contributed by atoms with van der Waals surface area (Å²) in [6.07, 6.45) is 1.70. The lowest BCUT2D eigenvalue weighted by Crippen LogP contribution is -2.15. The molecule has 0 bridgehead atoms. The highest BCUT2D eigenvalue weighted by atomic mass is 79.9. The Morgan fingerprint density at radius 1 is 0.900 bits per heavy atom. The zero-order valence-electron chi connectivity index (χ0n) is 15.9. The van der Waals surface area contributed by atoms with E-state index in [1.807, 2.05) is 66.7 Å². The van der Waals surface area contributed by atoms with Gasteiger partial charge in [-0.3, -0.25) is 0 Å². The van der Waals surface area contributed by atoms with Gasteiger partial charge in [-0.25, -0.2) is 15.4 Å². The summed E-state index contributed by atoms with van der Waals surface area (Å²) >= 11 is 3.54. The van der Waals surface area contributed by atoms with Crippen LogP contribution in [0.25, 0.3) is 22.2 Å². The summed E-state index contributed by atoms with van der Waals surface area (Å²) in [5.41, 5.74) is 6.54. The number of nitrogens with one attached hydrogen (secondary N) is 1. The third-order valence-corrected chi connectivity index (χ3v) is 5.14. The minimum Gasteiger partial charge on any atom is -0.486 e. The van der Waals surface area contributed by atoms with Crippen LogP contribution in [0.5, 0.6) is 11.5 Å². The lowest BCUT2D eigenvalue weighted by molar-refractivity contribution is 0.171. The molecular weight excluding hydrogens is 444 g/mol. The number of rotatable bonds is 4. The summed E-state index contributed by atoms with van der Waals surface area (Å²) < 4.78 is 12.1. The molecule has 148 valence electrons. The van der Waals surface area contributed by atoms with Gasteiger partial charge in [0.25, 0.3) is 0 Å². The van der Waals surface area contributed by atoms with Crippen molar-refractivity contribution in [1.29, 1.82) is 0 Å². The van der Waals surface area contributed by atoms with Crippen LogP contribution in [0.2, 0.25) is 0 Å². The largest absolute Gasteiger partial charge is 0.486 e. The van der Waals surface area contributed by atoms with Gasteiger partial charge in [0.15, 0.2) is 11.5 Å². The highest BCUT2D eigenvalue weighted by Crippen LogP contribution is 2.31. The number of aromatic nitrogens is 2. The fourth-order valence-electron chi connectivity index (χ4n) is 3.27. The maximum atomic E-state index is 5.62. The Kier molecular flexibility index (Phi) is 5.03. The summed E-state index contributed by atoms with van der Waals surface area (Å²) in [6, 6.07) is 21.7. The van der Waals surface area contributed by atoms with E-state index in [1.54, 1.807) is 6.21 Å². The van der Waals surface area contributed by atoms with Crippen molar-refractivity contribution in [3.8, 4) is 22.8 Å². The van der Waals surface area contributed by atoms with E-state index in [1.165, 1.54) is 0 Å². The SMILES string of the molecule is Brc1ccc2nc(NN=Cc3ccc4c(c3)OCCO4)nc(-c3ccccc3)c2c1. The Bertz CT molecular complexity index is 1240. The Labute approximate surface area is 181 Å². The van der Waals surface area contributed by atoms with E-state index in [-0.39, 0.29) is 0 Å². The number of ether oxygens (including phenoxy) is 2. The highest BCUT2D eigenvalue weighted by Gasteiger charge is 2.12.